The fourth-order valence-corrected chi connectivity index (χ4v) is 7.83. The summed E-state index contributed by atoms with van der Waals surface area (Å²) in [5, 5.41) is 0. The van der Waals surface area contributed by atoms with Gasteiger partial charge in [0.05, 0.1) is 0 Å². The Morgan fingerprint density at radius 2 is 0.967 bits per heavy atom. The van der Waals surface area contributed by atoms with Crippen molar-refractivity contribution < 1.29 is 19.1 Å². The predicted molar refractivity (Wildman–Crippen MR) is 119 cm³/mol. The van der Waals surface area contributed by atoms with Gasteiger partial charge in [-0.2, -0.15) is 0 Å². The minimum atomic E-state index is -0.632. The summed E-state index contributed by atoms with van der Waals surface area (Å²) in [5.74, 6) is -0.652. The molecule has 4 rings (SSSR count). The summed E-state index contributed by atoms with van der Waals surface area (Å²) in [6, 6.07) is 0. The van der Waals surface area contributed by atoms with E-state index in [9.17, 15) is 9.59 Å². The van der Waals surface area contributed by atoms with Crippen LogP contribution in [0.1, 0.15) is 93.9 Å². The van der Waals surface area contributed by atoms with Gasteiger partial charge in [-0.05, 0) is 90.9 Å². The van der Waals surface area contributed by atoms with Crippen LogP contribution >= 0.6 is 0 Å². The molecule has 4 saturated carbocycles. The zero-order chi connectivity index (χ0) is 23.0. The van der Waals surface area contributed by atoms with Gasteiger partial charge in [-0.25, -0.2) is 9.59 Å². The minimum Gasteiger partial charge on any atom is -0.456 e. The molecule has 4 aliphatic carbocycles. The number of rotatable bonds is 6. The Morgan fingerprint density at radius 3 is 1.23 bits per heavy atom. The van der Waals surface area contributed by atoms with Crippen LogP contribution in [0.2, 0.25) is 0 Å². The van der Waals surface area contributed by atoms with Crippen LogP contribution < -0.4 is 0 Å². The van der Waals surface area contributed by atoms with Crippen molar-refractivity contribution in [2.45, 2.75) is 105 Å². The molecule has 4 aliphatic rings. The maximum Gasteiger partial charge on any atom is 0.333 e. The SMILES string of the molecule is C=C(C)C(=O)OC(C)(C)C12CC3(C)CC(C)(C1)CC(C(C)(C)OC(=O)C(=C)C)(C3)C2. The number of carbonyl (C=O) groups is 2. The summed E-state index contributed by atoms with van der Waals surface area (Å²) < 4.78 is 12.2. The minimum absolute atomic E-state index is 0.128. The summed E-state index contributed by atoms with van der Waals surface area (Å²) in [7, 11) is 0. The molecule has 0 atom stereocenters. The first-order valence-corrected chi connectivity index (χ1v) is 11.2. The van der Waals surface area contributed by atoms with E-state index in [1.807, 2.05) is 0 Å². The Bertz CT molecular complexity index is 735. The van der Waals surface area contributed by atoms with E-state index >= 15 is 0 Å². The number of esters is 2. The van der Waals surface area contributed by atoms with Crippen LogP contribution in [0.3, 0.4) is 0 Å². The van der Waals surface area contributed by atoms with Crippen molar-refractivity contribution in [2.75, 3.05) is 0 Å². The highest BCUT2D eigenvalue weighted by atomic mass is 16.6. The summed E-state index contributed by atoms with van der Waals surface area (Å²) >= 11 is 0. The lowest BCUT2D eigenvalue weighted by molar-refractivity contribution is -0.286. The summed E-state index contributed by atoms with van der Waals surface area (Å²) in [6.07, 6.45) is 6.16. The van der Waals surface area contributed by atoms with E-state index < -0.39 is 11.2 Å². The molecular weight excluding hydrogens is 376 g/mol. The molecule has 0 heterocycles. The van der Waals surface area contributed by atoms with E-state index in [1.54, 1.807) is 13.8 Å². The van der Waals surface area contributed by atoms with Crippen LogP contribution in [-0.4, -0.2) is 23.1 Å². The van der Waals surface area contributed by atoms with Crippen molar-refractivity contribution in [3.05, 3.63) is 24.3 Å². The van der Waals surface area contributed by atoms with Gasteiger partial charge in [-0.1, -0.05) is 27.0 Å². The molecule has 0 aromatic rings. The van der Waals surface area contributed by atoms with Crippen molar-refractivity contribution in [3.8, 4) is 0 Å². The van der Waals surface area contributed by atoms with E-state index in [0.29, 0.717) is 11.1 Å². The lowest BCUT2D eigenvalue weighted by atomic mass is 9.32. The zero-order valence-corrected chi connectivity index (χ0v) is 20.3. The van der Waals surface area contributed by atoms with E-state index in [0.717, 1.165) is 32.1 Å². The molecule has 4 bridgehead atoms. The fourth-order valence-electron chi connectivity index (χ4n) is 7.83. The molecular formula is C26H40O4. The summed E-state index contributed by atoms with van der Waals surface area (Å²) in [5.41, 5.74) is -0.482. The molecule has 0 spiro atoms. The summed E-state index contributed by atoms with van der Waals surface area (Å²) in [4.78, 5) is 25.0. The van der Waals surface area contributed by atoms with Crippen LogP contribution in [0.15, 0.2) is 24.3 Å². The average molecular weight is 417 g/mol. The quantitative estimate of drug-likeness (QED) is 0.385. The van der Waals surface area contributed by atoms with Crippen LogP contribution in [0.5, 0.6) is 0 Å². The van der Waals surface area contributed by atoms with Gasteiger partial charge in [-0.3, -0.25) is 0 Å². The molecule has 4 fully saturated rings. The van der Waals surface area contributed by atoms with Crippen LogP contribution in [0.25, 0.3) is 0 Å². The predicted octanol–water partition coefficient (Wildman–Crippen LogP) is 6.15. The monoisotopic (exact) mass is 416 g/mol. The molecule has 0 amide bonds. The Hall–Kier alpha value is -1.58. The first-order valence-electron chi connectivity index (χ1n) is 11.2. The van der Waals surface area contributed by atoms with Crippen molar-refractivity contribution in [3.63, 3.8) is 0 Å². The smallest absolute Gasteiger partial charge is 0.333 e. The van der Waals surface area contributed by atoms with Gasteiger partial charge < -0.3 is 9.47 Å². The van der Waals surface area contributed by atoms with Crippen LogP contribution in [0, 0.1) is 21.7 Å². The molecule has 4 nitrogen and oxygen atoms in total. The van der Waals surface area contributed by atoms with Gasteiger partial charge in [-0.15, -0.1) is 0 Å². The first-order chi connectivity index (χ1) is 13.4. The molecule has 0 aromatic heterocycles. The van der Waals surface area contributed by atoms with Crippen molar-refractivity contribution in [1.82, 2.24) is 0 Å². The highest BCUT2D eigenvalue weighted by Gasteiger charge is 2.73. The average Bonchev–Trinajstić information content (AvgIpc) is 2.49. The molecule has 0 saturated heterocycles. The van der Waals surface area contributed by atoms with E-state index in [1.165, 1.54) is 6.42 Å². The van der Waals surface area contributed by atoms with Gasteiger partial charge in [0, 0.05) is 22.0 Å². The molecule has 168 valence electrons. The molecule has 0 unspecified atom stereocenters. The molecule has 4 heteroatoms. The summed E-state index contributed by atoms with van der Waals surface area (Å²) in [6.45, 7) is 23.9. The third-order valence-electron chi connectivity index (χ3n) is 8.54. The Morgan fingerprint density at radius 1 is 0.667 bits per heavy atom. The van der Waals surface area contributed by atoms with Gasteiger partial charge in [0.25, 0.3) is 0 Å². The normalized spacial score (nSPS) is 37.6. The fraction of sp³-hybridized carbons (Fsp3) is 0.769. The van der Waals surface area contributed by atoms with Crippen LogP contribution in [0.4, 0.5) is 0 Å². The molecule has 0 aromatic carbocycles. The lowest BCUT2D eigenvalue weighted by Crippen LogP contribution is -2.70. The highest BCUT2D eigenvalue weighted by Crippen LogP contribution is 2.78. The van der Waals surface area contributed by atoms with Gasteiger partial charge >= 0.3 is 11.9 Å². The standard InChI is InChI=1S/C26H40O4/c1-17(2)19(27)29-21(5,6)25-12-23(9)11-24(10,13-25)15-26(14-23,16-25)22(7,8)30-20(28)18(3)4/h1,3,11-16H2,2,4-10H3. The highest BCUT2D eigenvalue weighted by molar-refractivity contribution is 5.87. The van der Waals surface area contributed by atoms with E-state index in [2.05, 4.69) is 54.7 Å². The topological polar surface area (TPSA) is 52.6 Å². The molecule has 0 radical (unpaired) electrons. The maximum absolute atomic E-state index is 12.5. The van der Waals surface area contributed by atoms with Crippen LogP contribution in [-0.2, 0) is 19.1 Å². The number of ether oxygens (including phenoxy) is 2. The van der Waals surface area contributed by atoms with Gasteiger partial charge in [0.1, 0.15) is 11.2 Å². The Kier molecular flexibility index (Phi) is 4.97. The molecule has 30 heavy (non-hydrogen) atoms. The van der Waals surface area contributed by atoms with Crippen molar-refractivity contribution in [1.29, 1.82) is 0 Å². The Labute approximate surface area is 182 Å². The third kappa shape index (κ3) is 3.44. The number of hydrogen-bond donors (Lipinski definition) is 0. The third-order valence-corrected chi connectivity index (χ3v) is 8.54. The maximum atomic E-state index is 12.5. The van der Waals surface area contributed by atoms with Crippen molar-refractivity contribution >= 4 is 11.9 Å². The number of carbonyl (C=O) groups excluding carboxylic acids is 2. The first kappa shape index (κ1) is 23.1. The Balaban J connectivity index is 2.07. The zero-order valence-electron chi connectivity index (χ0n) is 20.3. The van der Waals surface area contributed by atoms with E-state index in [-0.39, 0.29) is 33.6 Å². The number of hydrogen-bond acceptors (Lipinski definition) is 4. The molecule has 0 aliphatic heterocycles. The second-order valence-corrected chi connectivity index (χ2v) is 12.6. The van der Waals surface area contributed by atoms with Gasteiger partial charge in [0.15, 0.2) is 0 Å². The largest absolute Gasteiger partial charge is 0.456 e. The van der Waals surface area contributed by atoms with Gasteiger partial charge in [0.2, 0.25) is 0 Å². The second kappa shape index (κ2) is 6.46. The molecule has 0 N–H and O–H groups in total. The second-order valence-electron chi connectivity index (χ2n) is 12.6. The lowest BCUT2D eigenvalue weighted by Gasteiger charge is -2.74. The van der Waals surface area contributed by atoms with Crippen molar-refractivity contribution in [2.24, 2.45) is 21.7 Å². The van der Waals surface area contributed by atoms with E-state index in [4.69, 9.17) is 9.47 Å².